The fourth-order valence-electron chi connectivity index (χ4n) is 6.92. The molecule has 0 fully saturated rings. The van der Waals surface area contributed by atoms with Gasteiger partial charge in [-0.05, 0) is 72.3 Å². The van der Waals surface area contributed by atoms with Crippen LogP contribution in [-0.4, -0.2) is 9.13 Å². The summed E-state index contributed by atoms with van der Waals surface area (Å²) >= 11 is 0. The van der Waals surface area contributed by atoms with Crippen LogP contribution in [0.2, 0.25) is 0 Å². The summed E-state index contributed by atoms with van der Waals surface area (Å²) in [5.74, 6) is 0. The molecule has 0 bridgehead atoms. The average Bonchev–Trinajstić information content (AvgIpc) is 3.65. The first-order valence-corrected chi connectivity index (χ1v) is 15.3. The van der Waals surface area contributed by atoms with Crippen molar-refractivity contribution < 1.29 is 13.2 Å². The van der Waals surface area contributed by atoms with Crippen molar-refractivity contribution in [2.45, 2.75) is 6.18 Å². The van der Waals surface area contributed by atoms with Crippen molar-refractivity contribution in [3.63, 3.8) is 0 Å². The molecule has 0 amide bonds. The number of aromatic nitrogens is 2. The van der Waals surface area contributed by atoms with Gasteiger partial charge in [0.05, 0.1) is 85.5 Å². The Balaban J connectivity index is 1.64. The average molecular weight is 653 g/mol. The standard InChI is InChI=1S/C41H19F3N6/c42-41(43,44)29-14-26(22-47)13-28(19-29)40-38(49-34-7-3-1-5-30(34)32-11-9-24(20-45)15-36(32)49)17-27(23-48)18-39(40)50-35-8-4-2-6-31(35)33-12-10-25(21-46)16-37(33)50/h1-19H. The molecular formula is C41H19F3N6. The number of para-hydroxylation sites is 2. The van der Waals surface area contributed by atoms with Gasteiger partial charge in [-0.25, -0.2) is 0 Å². The number of rotatable bonds is 3. The quantitative estimate of drug-likeness (QED) is 0.189. The van der Waals surface area contributed by atoms with Crippen LogP contribution in [0.4, 0.5) is 13.2 Å². The van der Waals surface area contributed by atoms with Gasteiger partial charge in [-0.1, -0.05) is 48.5 Å². The maximum Gasteiger partial charge on any atom is 0.416 e. The molecule has 0 aliphatic heterocycles. The van der Waals surface area contributed by atoms with Crippen LogP contribution in [0.1, 0.15) is 27.8 Å². The molecule has 234 valence electrons. The second-order valence-corrected chi connectivity index (χ2v) is 11.8. The first-order valence-electron chi connectivity index (χ1n) is 15.3. The molecule has 6 aromatic carbocycles. The zero-order valence-corrected chi connectivity index (χ0v) is 25.8. The molecule has 0 saturated heterocycles. The lowest BCUT2D eigenvalue weighted by Gasteiger charge is -2.22. The highest BCUT2D eigenvalue weighted by Crippen LogP contribution is 2.44. The summed E-state index contributed by atoms with van der Waals surface area (Å²) in [4.78, 5) is 0. The Hall–Kier alpha value is -7.33. The monoisotopic (exact) mass is 652 g/mol. The summed E-state index contributed by atoms with van der Waals surface area (Å²) < 4.78 is 47.0. The van der Waals surface area contributed by atoms with Crippen molar-refractivity contribution in [2.75, 3.05) is 0 Å². The number of alkyl halides is 3. The molecule has 8 rings (SSSR count). The first kappa shape index (κ1) is 30.0. The third kappa shape index (κ3) is 4.54. The minimum atomic E-state index is -4.77. The zero-order chi connectivity index (χ0) is 34.7. The fraction of sp³-hybridized carbons (Fsp3) is 0.0244. The molecule has 2 aromatic heterocycles. The minimum Gasteiger partial charge on any atom is -0.308 e. The summed E-state index contributed by atoms with van der Waals surface area (Å²) in [5, 5.41) is 43.4. The molecule has 9 heteroatoms. The third-order valence-corrected chi connectivity index (χ3v) is 8.99. The number of fused-ring (bicyclic) bond motifs is 6. The van der Waals surface area contributed by atoms with Crippen LogP contribution in [0, 0.1) is 45.3 Å². The largest absolute Gasteiger partial charge is 0.416 e. The highest BCUT2D eigenvalue weighted by Gasteiger charge is 2.32. The van der Waals surface area contributed by atoms with Gasteiger partial charge < -0.3 is 9.13 Å². The second-order valence-electron chi connectivity index (χ2n) is 11.8. The normalized spacial score (nSPS) is 11.4. The number of nitrogens with zero attached hydrogens (tertiary/aromatic N) is 6. The van der Waals surface area contributed by atoms with Crippen LogP contribution >= 0.6 is 0 Å². The van der Waals surface area contributed by atoms with E-state index in [-0.39, 0.29) is 16.7 Å². The van der Waals surface area contributed by atoms with Gasteiger partial charge >= 0.3 is 6.18 Å². The zero-order valence-electron chi connectivity index (χ0n) is 25.8. The number of hydrogen-bond acceptors (Lipinski definition) is 4. The second kappa shape index (κ2) is 11.1. The fourth-order valence-corrected chi connectivity index (χ4v) is 6.92. The molecule has 2 heterocycles. The smallest absolute Gasteiger partial charge is 0.308 e. The predicted molar refractivity (Wildman–Crippen MR) is 184 cm³/mol. The van der Waals surface area contributed by atoms with E-state index in [1.54, 1.807) is 36.4 Å². The van der Waals surface area contributed by atoms with E-state index in [1.165, 1.54) is 6.07 Å². The summed E-state index contributed by atoms with van der Waals surface area (Å²) in [6.07, 6.45) is -4.77. The van der Waals surface area contributed by atoms with Gasteiger partial charge in [0.1, 0.15) is 0 Å². The highest BCUT2D eigenvalue weighted by molar-refractivity contribution is 6.12. The van der Waals surface area contributed by atoms with Gasteiger partial charge in [-0.3, -0.25) is 0 Å². The summed E-state index contributed by atoms with van der Waals surface area (Å²) in [6, 6.07) is 40.5. The van der Waals surface area contributed by atoms with Gasteiger partial charge in [-0.15, -0.1) is 0 Å². The van der Waals surface area contributed by atoms with E-state index < -0.39 is 11.7 Å². The highest BCUT2D eigenvalue weighted by atomic mass is 19.4. The SMILES string of the molecule is N#Cc1cc(-c2c(-n3c4ccccc4c4ccc(C#N)cc43)cc(C#N)cc2-n2c3ccccc3c3ccc(C#N)cc32)cc(C(F)(F)F)c1. The van der Waals surface area contributed by atoms with Gasteiger partial charge in [0, 0.05) is 27.1 Å². The van der Waals surface area contributed by atoms with E-state index in [9.17, 15) is 34.2 Å². The molecule has 0 aliphatic rings. The lowest BCUT2D eigenvalue weighted by Crippen LogP contribution is -2.08. The first-order chi connectivity index (χ1) is 24.2. The minimum absolute atomic E-state index is 0.0932. The molecule has 0 radical (unpaired) electrons. The van der Waals surface area contributed by atoms with Crippen molar-refractivity contribution in [1.29, 1.82) is 21.0 Å². The number of nitriles is 4. The third-order valence-electron chi connectivity index (χ3n) is 8.99. The maximum atomic E-state index is 14.4. The van der Waals surface area contributed by atoms with E-state index in [0.29, 0.717) is 50.1 Å². The molecule has 0 aliphatic carbocycles. The van der Waals surface area contributed by atoms with Crippen LogP contribution in [0.3, 0.4) is 0 Å². The van der Waals surface area contributed by atoms with Gasteiger partial charge in [0.25, 0.3) is 0 Å². The predicted octanol–water partition coefficient (Wildman–Crippen LogP) is 10.1. The number of halogens is 3. The molecule has 0 atom stereocenters. The maximum absolute atomic E-state index is 14.4. The van der Waals surface area contributed by atoms with E-state index in [0.717, 1.165) is 33.7 Å². The molecule has 50 heavy (non-hydrogen) atoms. The van der Waals surface area contributed by atoms with Crippen LogP contribution in [-0.2, 0) is 6.18 Å². The van der Waals surface area contributed by atoms with Crippen molar-refractivity contribution in [2.24, 2.45) is 0 Å². The molecule has 0 saturated carbocycles. The van der Waals surface area contributed by atoms with Crippen molar-refractivity contribution >= 4 is 43.6 Å². The van der Waals surface area contributed by atoms with E-state index in [2.05, 4.69) is 18.2 Å². The van der Waals surface area contributed by atoms with Crippen LogP contribution in [0.15, 0.2) is 115 Å². The van der Waals surface area contributed by atoms with Crippen molar-refractivity contribution in [1.82, 2.24) is 9.13 Å². The van der Waals surface area contributed by atoms with Gasteiger partial charge in [0.15, 0.2) is 0 Å². The summed E-state index contributed by atoms with van der Waals surface area (Å²) in [5.41, 5.74) is 3.50. The number of hydrogen-bond donors (Lipinski definition) is 0. The molecule has 6 nitrogen and oxygen atoms in total. The Kier molecular flexibility index (Phi) is 6.69. The lowest BCUT2D eigenvalue weighted by atomic mass is 9.94. The molecule has 0 N–H and O–H groups in total. The number of benzene rings is 6. The van der Waals surface area contributed by atoms with E-state index in [1.807, 2.05) is 75.9 Å². The van der Waals surface area contributed by atoms with Gasteiger partial charge in [0.2, 0.25) is 0 Å². The Morgan fingerprint density at radius 1 is 0.440 bits per heavy atom. The Morgan fingerprint density at radius 3 is 1.34 bits per heavy atom. The summed E-state index contributed by atoms with van der Waals surface area (Å²) in [6.45, 7) is 0. The topological polar surface area (TPSA) is 105 Å². The Bertz CT molecular complexity index is 2760. The molecule has 8 aromatic rings. The Labute approximate surface area is 282 Å². The molecular weight excluding hydrogens is 633 g/mol. The Morgan fingerprint density at radius 2 is 0.880 bits per heavy atom. The summed E-state index contributed by atoms with van der Waals surface area (Å²) in [7, 11) is 0. The van der Waals surface area contributed by atoms with Crippen LogP contribution in [0.5, 0.6) is 0 Å². The van der Waals surface area contributed by atoms with Crippen LogP contribution in [0.25, 0.3) is 66.1 Å². The molecule has 0 unspecified atom stereocenters. The van der Waals surface area contributed by atoms with E-state index in [4.69, 9.17) is 0 Å². The van der Waals surface area contributed by atoms with Crippen molar-refractivity contribution in [3.05, 3.63) is 143 Å². The molecule has 0 spiro atoms. The van der Waals surface area contributed by atoms with Gasteiger partial charge in [-0.2, -0.15) is 34.2 Å². The lowest BCUT2D eigenvalue weighted by molar-refractivity contribution is -0.137. The van der Waals surface area contributed by atoms with Crippen LogP contribution < -0.4 is 0 Å². The van der Waals surface area contributed by atoms with Crippen molar-refractivity contribution in [3.8, 4) is 46.8 Å². The van der Waals surface area contributed by atoms with E-state index >= 15 is 0 Å².